The molecule has 2 aromatic carbocycles. The van der Waals surface area contributed by atoms with Crippen molar-refractivity contribution in [2.75, 3.05) is 6.61 Å². The van der Waals surface area contributed by atoms with Crippen LogP contribution in [0.25, 0.3) is 11.8 Å². The monoisotopic (exact) mass is 549 g/mol. The molecular formula is C29H25ClFN3O3S. The minimum atomic E-state index is -0.698. The Morgan fingerprint density at radius 1 is 1.13 bits per heavy atom. The minimum absolute atomic E-state index is 0.205. The molecule has 1 atom stereocenters. The van der Waals surface area contributed by atoms with Crippen LogP contribution in [0.5, 0.6) is 0 Å². The molecule has 0 saturated heterocycles. The average molecular weight is 550 g/mol. The standard InChI is InChI=1S/C29H25ClFN3O3S/c1-5-37-28(36)25-17(3)32-29-34(26(25)19-6-8-21(30)9-7-19)27(35)24(38-29)15-20-14-16(2)33(18(20)4)23-12-10-22(31)11-13-23/h6-15,26H,5H2,1-4H3/b24-15-/t26-/m1/s1. The van der Waals surface area contributed by atoms with Gasteiger partial charge in [-0.05, 0) is 87.4 Å². The summed E-state index contributed by atoms with van der Waals surface area (Å²) in [4.78, 5) is 32.0. The van der Waals surface area contributed by atoms with Crippen LogP contribution in [0.4, 0.5) is 4.39 Å². The molecule has 4 aromatic rings. The smallest absolute Gasteiger partial charge is 0.338 e. The SMILES string of the molecule is CCOC(=O)C1=C(C)N=c2s/c(=C\c3cc(C)n(-c4ccc(F)cc4)c3C)c(=O)n2[C@@H]1c1ccc(Cl)cc1. The molecule has 0 amide bonds. The van der Waals surface area contributed by atoms with E-state index in [4.69, 9.17) is 16.3 Å². The second kappa shape index (κ2) is 10.2. The van der Waals surface area contributed by atoms with Gasteiger partial charge in [-0.1, -0.05) is 35.1 Å². The number of esters is 1. The molecule has 1 aliphatic heterocycles. The number of fused-ring (bicyclic) bond motifs is 1. The van der Waals surface area contributed by atoms with Crippen molar-refractivity contribution in [1.82, 2.24) is 9.13 Å². The van der Waals surface area contributed by atoms with Crippen molar-refractivity contribution in [3.63, 3.8) is 0 Å². The number of aromatic nitrogens is 2. The summed E-state index contributed by atoms with van der Waals surface area (Å²) >= 11 is 7.39. The van der Waals surface area contributed by atoms with E-state index in [0.29, 0.717) is 25.6 Å². The van der Waals surface area contributed by atoms with E-state index in [1.54, 1.807) is 54.8 Å². The highest BCUT2D eigenvalue weighted by Crippen LogP contribution is 2.31. The summed E-state index contributed by atoms with van der Waals surface area (Å²) in [5.41, 5.74) is 4.86. The van der Waals surface area contributed by atoms with Gasteiger partial charge in [0, 0.05) is 22.1 Å². The van der Waals surface area contributed by atoms with Crippen LogP contribution in [0.15, 0.2) is 75.7 Å². The van der Waals surface area contributed by atoms with Crippen molar-refractivity contribution in [2.24, 2.45) is 4.99 Å². The second-order valence-corrected chi connectivity index (χ2v) is 10.4. The quantitative estimate of drug-likeness (QED) is 0.329. The number of carbonyl (C=O) groups excluding carboxylic acids is 1. The third kappa shape index (κ3) is 4.54. The van der Waals surface area contributed by atoms with Crippen LogP contribution >= 0.6 is 22.9 Å². The largest absolute Gasteiger partial charge is 0.463 e. The number of rotatable bonds is 5. The fourth-order valence-electron chi connectivity index (χ4n) is 4.81. The van der Waals surface area contributed by atoms with Gasteiger partial charge in [0.15, 0.2) is 4.80 Å². The molecule has 2 aromatic heterocycles. The number of halogens is 2. The predicted octanol–water partition coefficient (Wildman–Crippen LogP) is 5.00. The molecule has 0 N–H and O–H groups in total. The van der Waals surface area contributed by atoms with E-state index >= 15 is 0 Å². The van der Waals surface area contributed by atoms with Gasteiger partial charge in [-0.15, -0.1) is 0 Å². The van der Waals surface area contributed by atoms with Crippen LogP contribution in [-0.4, -0.2) is 21.7 Å². The van der Waals surface area contributed by atoms with Crippen molar-refractivity contribution in [1.29, 1.82) is 0 Å². The minimum Gasteiger partial charge on any atom is -0.463 e. The summed E-state index contributed by atoms with van der Waals surface area (Å²) < 4.78 is 22.9. The van der Waals surface area contributed by atoms with E-state index in [0.717, 1.165) is 28.2 Å². The van der Waals surface area contributed by atoms with E-state index < -0.39 is 12.0 Å². The van der Waals surface area contributed by atoms with Crippen molar-refractivity contribution >= 4 is 35.0 Å². The maximum Gasteiger partial charge on any atom is 0.338 e. The van der Waals surface area contributed by atoms with Crippen molar-refractivity contribution < 1.29 is 13.9 Å². The first-order valence-electron chi connectivity index (χ1n) is 12.1. The first-order chi connectivity index (χ1) is 18.2. The molecule has 9 heteroatoms. The summed E-state index contributed by atoms with van der Waals surface area (Å²) in [5.74, 6) is -0.809. The van der Waals surface area contributed by atoms with Gasteiger partial charge < -0.3 is 9.30 Å². The highest BCUT2D eigenvalue weighted by Gasteiger charge is 2.33. The van der Waals surface area contributed by atoms with Crippen LogP contribution < -0.4 is 14.9 Å². The average Bonchev–Trinajstić information content (AvgIpc) is 3.34. The molecule has 0 spiro atoms. The molecule has 194 valence electrons. The zero-order valence-electron chi connectivity index (χ0n) is 21.3. The van der Waals surface area contributed by atoms with Crippen LogP contribution in [0.3, 0.4) is 0 Å². The van der Waals surface area contributed by atoms with Gasteiger partial charge in [-0.3, -0.25) is 9.36 Å². The van der Waals surface area contributed by atoms with Crippen LogP contribution in [0.1, 0.15) is 42.4 Å². The maximum atomic E-state index is 13.8. The van der Waals surface area contributed by atoms with Gasteiger partial charge >= 0.3 is 5.97 Å². The highest BCUT2D eigenvalue weighted by molar-refractivity contribution is 7.07. The first kappa shape index (κ1) is 25.9. The summed E-state index contributed by atoms with van der Waals surface area (Å²) in [6, 6.07) is 14.6. The predicted molar refractivity (Wildman–Crippen MR) is 147 cm³/mol. The lowest BCUT2D eigenvalue weighted by atomic mass is 9.96. The molecule has 0 fully saturated rings. The number of aryl methyl sites for hydroxylation is 1. The van der Waals surface area contributed by atoms with E-state index in [9.17, 15) is 14.0 Å². The third-order valence-electron chi connectivity index (χ3n) is 6.54. The lowest BCUT2D eigenvalue weighted by molar-refractivity contribution is -0.139. The first-order valence-corrected chi connectivity index (χ1v) is 13.3. The zero-order valence-corrected chi connectivity index (χ0v) is 22.9. The fraction of sp³-hybridized carbons (Fsp3) is 0.207. The molecule has 38 heavy (non-hydrogen) atoms. The summed E-state index contributed by atoms with van der Waals surface area (Å²) in [5, 5.41) is 0.552. The lowest BCUT2D eigenvalue weighted by Gasteiger charge is -2.24. The van der Waals surface area contributed by atoms with Gasteiger partial charge in [-0.2, -0.15) is 0 Å². The van der Waals surface area contributed by atoms with Crippen LogP contribution in [-0.2, 0) is 9.53 Å². The molecule has 0 radical (unpaired) electrons. The van der Waals surface area contributed by atoms with E-state index in [1.165, 1.54) is 23.5 Å². The van der Waals surface area contributed by atoms with Gasteiger partial charge in [0.25, 0.3) is 5.56 Å². The molecule has 1 aliphatic rings. The van der Waals surface area contributed by atoms with Gasteiger partial charge in [0.05, 0.1) is 28.5 Å². The van der Waals surface area contributed by atoms with Gasteiger partial charge in [-0.25, -0.2) is 14.2 Å². The molecule has 0 aliphatic carbocycles. The van der Waals surface area contributed by atoms with E-state index in [-0.39, 0.29) is 18.0 Å². The highest BCUT2D eigenvalue weighted by atomic mass is 35.5. The Kier molecular flexibility index (Phi) is 6.94. The number of hydrogen-bond acceptors (Lipinski definition) is 5. The number of ether oxygens (including phenoxy) is 1. The molecule has 3 heterocycles. The van der Waals surface area contributed by atoms with Crippen molar-refractivity contribution in [2.45, 2.75) is 33.7 Å². The van der Waals surface area contributed by atoms with Gasteiger partial charge in [0.2, 0.25) is 0 Å². The Bertz CT molecular complexity index is 1760. The Labute approximate surface area is 227 Å². The summed E-state index contributed by atoms with van der Waals surface area (Å²) in [7, 11) is 0. The molecule has 0 saturated carbocycles. The molecule has 6 nitrogen and oxygen atoms in total. The topological polar surface area (TPSA) is 65.6 Å². The van der Waals surface area contributed by atoms with Crippen LogP contribution in [0.2, 0.25) is 5.02 Å². The van der Waals surface area contributed by atoms with Crippen LogP contribution in [0, 0.1) is 19.7 Å². The molecule has 5 rings (SSSR count). The number of allylic oxidation sites excluding steroid dienone is 1. The zero-order chi connectivity index (χ0) is 27.1. The normalized spacial score (nSPS) is 15.4. The summed E-state index contributed by atoms with van der Waals surface area (Å²) in [6.07, 6.45) is 1.84. The van der Waals surface area contributed by atoms with Gasteiger partial charge in [0.1, 0.15) is 5.82 Å². The Balaban J connectivity index is 1.68. The molecule has 0 bridgehead atoms. The number of benzene rings is 2. The second-order valence-electron chi connectivity index (χ2n) is 8.99. The maximum absolute atomic E-state index is 13.8. The lowest BCUT2D eigenvalue weighted by Crippen LogP contribution is -2.39. The number of thiazole rings is 1. The van der Waals surface area contributed by atoms with E-state index in [1.807, 2.05) is 30.6 Å². The Morgan fingerprint density at radius 2 is 1.82 bits per heavy atom. The number of carbonyl (C=O) groups is 1. The Hall–Kier alpha value is -3.75. The van der Waals surface area contributed by atoms with Crippen molar-refractivity contribution in [3.8, 4) is 5.69 Å². The molecule has 0 unspecified atom stereocenters. The number of nitrogens with zero attached hydrogens (tertiary/aromatic N) is 3. The van der Waals surface area contributed by atoms with E-state index in [2.05, 4.69) is 4.99 Å². The van der Waals surface area contributed by atoms with Crippen molar-refractivity contribution in [3.05, 3.63) is 119 Å². The molecular weight excluding hydrogens is 525 g/mol. The Morgan fingerprint density at radius 3 is 2.47 bits per heavy atom. The summed E-state index contributed by atoms with van der Waals surface area (Å²) in [6.45, 7) is 7.62. The third-order valence-corrected chi connectivity index (χ3v) is 7.78. The fourth-order valence-corrected chi connectivity index (χ4v) is 5.98. The number of hydrogen-bond donors (Lipinski definition) is 0.